The van der Waals surface area contributed by atoms with Crippen LogP contribution >= 0.6 is 0 Å². The van der Waals surface area contributed by atoms with Crippen LogP contribution in [-0.4, -0.2) is 9.55 Å². The van der Waals surface area contributed by atoms with Crippen LogP contribution in [0, 0.1) is 67.3 Å². The predicted molar refractivity (Wildman–Crippen MR) is 206 cm³/mol. The van der Waals surface area contributed by atoms with Gasteiger partial charge in [0.05, 0.1) is 0 Å². The summed E-state index contributed by atoms with van der Waals surface area (Å²) in [6.45, 7) is 17.5. The summed E-state index contributed by atoms with van der Waals surface area (Å²) in [6, 6.07) is 36.3. The average molecular weight is 847 g/mol. The van der Waals surface area contributed by atoms with Gasteiger partial charge in [0.15, 0.2) is 0 Å². The number of pyridine rings is 1. The summed E-state index contributed by atoms with van der Waals surface area (Å²) in [7, 11) is 0. The first-order valence-corrected chi connectivity index (χ1v) is 17.0. The summed E-state index contributed by atoms with van der Waals surface area (Å²) in [6.07, 6.45) is 6.07. The van der Waals surface area contributed by atoms with Gasteiger partial charge < -0.3 is 19.1 Å². The zero-order chi connectivity index (χ0) is 34.7. The quantitative estimate of drug-likeness (QED) is 0.156. The van der Waals surface area contributed by atoms with E-state index in [1.54, 1.807) is 0 Å². The summed E-state index contributed by atoms with van der Waals surface area (Å²) >= 11 is 0. The van der Waals surface area contributed by atoms with Crippen molar-refractivity contribution in [3.63, 3.8) is 0 Å². The molecule has 0 saturated carbocycles. The molecule has 7 aromatic rings. The van der Waals surface area contributed by atoms with Gasteiger partial charge in [-0.15, -0.1) is 48.1 Å². The van der Waals surface area contributed by atoms with E-state index in [0.29, 0.717) is 11.5 Å². The van der Waals surface area contributed by atoms with Crippen LogP contribution < -0.4 is 14.5 Å². The van der Waals surface area contributed by atoms with Crippen molar-refractivity contribution in [1.29, 1.82) is 0 Å². The minimum Gasteiger partial charge on any atom is -0.509 e. The Labute approximate surface area is 315 Å². The van der Waals surface area contributed by atoms with E-state index in [0.717, 1.165) is 38.9 Å². The monoisotopic (exact) mass is 846 g/mol. The van der Waals surface area contributed by atoms with Crippen molar-refractivity contribution in [3.05, 3.63) is 161 Å². The first kappa shape index (κ1) is 34.3. The van der Waals surface area contributed by atoms with Gasteiger partial charge in [0.1, 0.15) is 5.82 Å². The second-order valence-electron chi connectivity index (χ2n) is 13.3. The molecule has 0 radical (unpaired) electrons. The van der Waals surface area contributed by atoms with Crippen LogP contribution in [0.5, 0.6) is 11.5 Å². The second-order valence-corrected chi connectivity index (χ2v) is 13.3. The SMILES string of the molecule is Cc1cccc(C)c1-c1ccnc(-n2c3[c-]c(Oc4[c-]c(N5C=CN(c6c(C)c(C)c(C)c(C)c6C)[CH-]5)ccc4)ccc3c3ccccc32)c1.[Pt]. The first-order chi connectivity index (χ1) is 24.2. The van der Waals surface area contributed by atoms with Gasteiger partial charge in [0.2, 0.25) is 0 Å². The largest absolute Gasteiger partial charge is 0.509 e. The topological polar surface area (TPSA) is 33.5 Å². The third-order valence-corrected chi connectivity index (χ3v) is 10.4. The molecule has 5 aromatic carbocycles. The number of nitrogens with zero attached hydrogens (tertiary/aromatic N) is 4. The van der Waals surface area contributed by atoms with Crippen LogP contribution in [0.15, 0.2) is 104 Å². The van der Waals surface area contributed by atoms with E-state index in [4.69, 9.17) is 9.72 Å². The van der Waals surface area contributed by atoms with E-state index >= 15 is 0 Å². The molecular weight excluding hydrogens is 808 g/mol. The summed E-state index contributed by atoms with van der Waals surface area (Å²) in [5.41, 5.74) is 15.6. The molecule has 0 unspecified atom stereocenters. The fourth-order valence-corrected chi connectivity index (χ4v) is 7.40. The van der Waals surface area contributed by atoms with E-state index < -0.39 is 0 Å². The van der Waals surface area contributed by atoms with Gasteiger partial charge in [-0.25, -0.2) is 4.98 Å². The molecule has 1 aliphatic heterocycles. The molecule has 0 atom stereocenters. The van der Waals surface area contributed by atoms with Gasteiger partial charge in [-0.1, -0.05) is 41.9 Å². The van der Waals surface area contributed by atoms with Gasteiger partial charge in [0, 0.05) is 50.0 Å². The Morgan fingerprint density at radius 1 is 0.627 bits per heavy atom. The van der Waals surface area contributed by atoms with Gasteiger partial charge in [-0.2, -0.15) is 12.1 Å². The molecule has 0 bridgehead atoms. The number of benzene rings is 5. The predicted octanol–water partition coefficient (Wildman–Crippen LogP) is 11.3. The van der Waals surface area contributed by atoms with Crippen molar-refractivity contribution in [1.82, 2.24) is 9.55 Å². The Balaban J connectivity index is 0.00000406. The van der Waals surface area contributed by atoms with Crippen molar-refractivity contribution in [2.75, 3.05) is 9.80 Å². The van der Waals surface area contributed by atoms with Gasteiger partial charge in [-0.3, -0.25) is 0 Å². The first-order valence-electron chi connectivity index (χ1n) is 17.0. The standard InChI is InChI=1S/C45H39N4O.Pt/c1-28-12-10-13-29(2)44(28)35-20-21-46-43(24-35)49-41-17-9-8-16-39(41)40-19-18-38(26-42(40)49)50-37-15-11-14-36(25-37)47-22-23-48(27-47)45-33(6)31(4)30(3)32(5)34(45)7;/h8-24,27H,1-7H3;/q-3;. The molecule has 3 heterocycles. The van der Waals surface area contributed by atoms with E-state index in [9.17, 15) is 0 Å². The smallest absolute Gasteiger partial charge is 0.136 e. The molecule has 0 fully saturated rings. The maximum atomic E-state index is 6.47. The number of ether oxygens (including phenoxy) is 1. The number of hydrogen-bond acceptors (Lipinski definition) is 4. The fourth-order valence-electron chi connectivity index (χ4n) is 7.40. The van der Waals surface area contributed by atoms with Crippen LogP contribution in [0.25, 0.3) is 38.8 Å². The minimum absolute atomic E-state index is 0. The minimum atomic E-state index is 0. The summed E-state index contributed by atoms with van der Waals surface area (Å²) in [5, 5.41) is 2.23. The van der Waals surface area contributed by atoms with E-state index in [1.165, 1.54) is 50.2 Å². The molecular formula is C45H39N4OPt-3. The summed E-state index contributed by atoms with van der Waals surface area (Å²) < 4.78 is 8.66. The maximum Gasteiger partial charge on any atom is 0.136 e. The molecule has 6 heteroatoms. The molecule has 0 aliphatic carbocycles. The normalized spacial score (nSPS) is 12.6. The van der Waals surface area contributed by atoms with Crippen LogP contribution in [0.1, 0.15) is 38.9 Å². The number of fused-ring (bicyclic) bond motifs is 3. The van der Waals surface area contributed by atoms with Crippen molar-refractivity contribution >= 4 is 33.2 Å². The molecule has 0 saturated heterocycles. The zero-order valence-corrected chi connectivity index (χ0v) is 32.2. The van der Waals surface area contributed by atoms with E-state index in [-0.39, 0.29) is 21.1 Å². The Morgan fingerprint density at radius 2 is 1.29 bits per heavy atom. The molecule has 2 aromatic heterocycles. The average Bonchev–Trinajstić information content (AvgIpc) is 3.73. The number of aryl methyl sites for hydroxylation is 2. The van der Waals surface area contributed by atoms with Crippen LogP contribution in [-0.2, 0) is 21.1 Å². The fraction of sp³-hybridized carbons (Fsp3) is 0.156. The third kappa shape index (κ3) is 5.94. The maximum absolute atomic E-state index is 6.47. The Morgan fingerprint density at radius 3 is 2.06 bits per heavy atom. The van der Waals surface area contributed by atoms with Gasteiger partial charge in [0.25, 0.3) is 0 Å². The molecule has 5 nitrogen and oxygen atoms in total. The molecule has 258 valence electrons. The van der Waals surface area contributed by atoms with Gasteiger partial charge in [-0.05, 0) is 135 Å². The van der Waals surface area contributed by atoms with Crippen molar-refractivity contribution in [2.45, 2.75) is 48.5 Å². The van der Waals surface area contributed by atoms with Crippen molar-refractivity contribution < 1.29 is 25.8 Å². The van der Waals surface area contributed by atoms with E-state index in [1.807, 2.05) is 30.5 Å². The summed E-state index contributed by atoms with van der Waals surface area (Å²) in [4.78, 5) is 9.15. The van der Waals surface area contributed by atoms with Crippen molar-refractivity contribution in [2.24, 2.45) is 0 Å². The molecule has 0 N–H and O–H groups in total. The number of hydrogen-bond donors (Lipinski definition) is 0. The Hall–Kier alpha value is -5.12. The van der Waals surface area contributed by atoms with Crippen LogP contribution in [0.3, 0.4) is 0 Å². The van der Waals surface area contributed by atoms with Gasteiger partial charge >= 0.3 is 0 Å². The number of aromatic nitrogens is 2. The molecule has 51 heavy (non-hydrogen) atoms. The van der Waals surface area contributed by atoms with Crippen LogP contribution in [0.2, 0.25) is 0 Å². The Bertz CT molecular complexity index is 2440. The van der Waals surface area contributed by atoms with E-state index in [2.05, 4.69) is 155 Å². The number of para-hydroxylation sites is 1. The second kappa shape index (κ2) is 13.5. The molecule has 1 aliphatic rings. The number of anilines is 2. The zero-order valence-electron chi connectivity index (χ0n) is 29.9. The third-order valence-electron chi connectivity index (χ3n) is 10.4. The molecule has 0 spiro atoms. The Kier molecular flexibility index (Phi) is 9.12. The summed E-state index contributed by atoms with van der Waals surface area (Å²) in [5.74, 6) is 2.06. The molecule has 0 amide bonds. The van der Waals surface area contributed by atoms with Crippen molar-refractivity contribution in [3.8, 4) is 28.4 Å². The molecule has 8 rings (SSSR count). The van der Waals surface area contributed by atoms with Crippen LogP contribution in [0.4, 0.5) is 11.4 Å². The number of rotatable bonds is 6.